The highest BCUT2D eigenvalue weighted by atomic mass is 19.4. The lowest BCUT2D eigenvalue weighted by Crippen LogP contribution is -2.26. The Morgan fingerprint density at radius 1 is 1.36 bits per heavy atom. The normalized spacial score (nSPS) is 14.3. The van der Waals surface area contributed by atoms with Crippen molar-refractivity contribution in [3.05, 3.63) is 35.7 Å². The van der Waals surface area contributed by atoms with Gasteiger partial charge in [0.1, 0.15) is 0 Å². The molecule has 0 atom stereocenters. The first-order valence-electron chi connectivity index (χ1n) is 6.52. The minimum absolute atomic E-state index is 0.00780. The average Bonchev–Trinajstić information content (AvgIpc) is 3.00. The Kier molecular flexibility index (Phi) is 3.12. The number of hydrogen-bond donors (Lipinski definition) is 1. The highest BCUT2D eigenvalue weighted by Gasteiger charge is 2.37. The zero-order valence-electron chi connectivity index (χ0n) is 11.6. The monoisotopic (exact) mass is 311 g/mol. The first-order chi connectivity index (χ1) is 10.3. The molecule has 0 fully saturated rings. The molecule has 0 aliphatic carbocycles. The van der Waals surface area contributed by atoms with Crippen LogP contribution in [0, 0.1) is 0 Å². The molecule has 1 amide bonds. The number of anilines is 1. The second kappa shape index (κ2) is 4.75. The van der Waals surface area contributed by atoms with Crippen LogP contribution in [0.15, 0.2) is 24.4 Å². The number of aromatic nitrogens is 2. The van der Waals surface area contributed by atoms with Crippen molar-refractivity contribution in [3.8, 4) is 11.1 Å². The molecule has 116 valence electrons. The van der Waals surface area contributed by atoms with E-state index in [2.05, 4.69) is 5.10 Å². The third-order valence-corrected chi connectivity index (χ3v) is 3.61. The molecule has 1 aromatic heterocycles. The molecule has 2 aromatic rings. The number of rotatable bonds is 1. The highest BCUT2D eigenvalue weighted by molar-refractivity contribution is 5.89. The van der Waals surface area contributed by atoms with E-state index in [1.807, 2.05) is 0 Å². The lowest BCUT2D eigenvalue weighted by Gasteiger charge is -2.13. The smallest absolute Gasteiger partial charge is 0.435 e. The summed E-state index contributed by atoms with van der Waals surface area (Å²) >= 11 is 0. The topological polar surface area (TPSA) is 58.4 Å². The Labute approximate surface area is 123 Å². The van der Waals surface area contributed by atoms with Crippen molar-refractivity contribution >= 4 is 11.8 Å². The average molecular weight is 311 g/mol. The van der Waals surface area contributed by atoms with Gasteiger partial charge in [-0.25, -0.2) is 4.79 Å². The van der Waals surface area contributed by atoms with Crippen molar-refractivity contribution in [3.63, 3.8) is 0 Å². The first-order valence-corrected chi connectivity index (χ1v) is 6.52. The van der Waals surface area contributed by atoms with Crippen molar-refractivity contribution < 1.29 is 23.1 Å². The molecule has 8 heteroatoms. The molecule has 1 aromatic carbocycles. The quantitative estimate of drug-likeness (QED) is 0.880. The number of carbonyl (C=O) groups is 1. The highest BCUT2D eigenvalue weighted by Crippen LogP contribution is 2.38. The molecule has 0 saturated heterocycles. The molecule has 5 nitrogen and oxygen atoms in total. The summed E-state index contributed by atoms with van der Waals surface area (Å²) in [5.41, 5.74) is 0.673. The summed E-state index contributed by atoms with van der Waals surface area (Å²) in [6.45, 7) is 0.313. The Bertz CT molecular complexity index is 752. The lowest BCUT2D eigenvalue weighted by molar-refractivity contribution is -0.140. The van der Waals surface area contributed by atoms with Gasteiger partial charge in [-0.2, -0.15) is 18.3 Å². The Balaban J connectivity index is 2.07. The number of aryl methyl sites for hydroxylation is 1. The molecule has 1 aliphatic rings. The summed E-state index contributed by atoms with van der Waals surface area (Å²) in [5.74, 6) is 0. The van der Waals surface area contributed by atoms with Crippen LogP contribution in [-0.4, -0.2) is 27.5 Å². The second-order valence-electron chi connectivity index (χ2n) is 5.09. The summed E-state index contributed by atoms with van der Waals surface area (Å²) in [5, 5.41) is 12.5. The third kappa shape index (κ3) is 2.30. The maximum atomic E-state index is 13.0. The molecule has 1 aliphatic heterocycles. The van der Waals surface area contributed by atoms with E-state index in [9.17, 15) is 18.0 Å². The fourth-order valence-corrected chi connectivity index (χ4v) is 2.68. The van der Waals surface area contributed by atoms with Crippen LogP contribution >= 0.6 is 0 Å². The molecule has 3 rings (SSSR count). The number of amides is 1. The summed E-state index contributed by atoms with van der Waals surface area (Å²) in [4.78, 5) is 12.3. The van der Waals surface area contributed by atoms with E-state index in [0.717, 1.165) is 10.2 Å². The number of fused-ring (bicyclic) bond motifs is 1. The van der Waals surface area contributed by atoms with Crippen LogP contribution in [0.3, 0.4) is 0 Å². The molecule has 0 saturated carbocycles. The van der Waals surface area contributed by atoms with E-state index in [-0.39, 0.29) is 5.56 Å². The minimum atomic E-state index is -4.54. The van der Waals surface area contributed by atoms with Crippen LogP contribution in [0.25, 0.3) is 11.1 Å². The van der Waals surface area contributed by atoms with Gasteiger partial charge in [0.05, 0.1) is 5.69 Å². The van der Waals surface area contributed by atoms with Gasteiger partial charge in [0.15, 0.2) is 5.69 Å². The van der Waals surface area contributed by atoms with E-state index in [1.54, 1.807) is 12.1 Å². The van der Waals surface area contributed by atoms with E-state index < -0.39 is 18.0 Å². The molecular weight excluding hydrogens is 299 g/mol. The maximum absolute atomic E-state index is 13.0. The number of halogens is 3. The van der Waals surface area contributed by atoms with Gasteiger partial charge in [-0.3, -0.25) is 9.58 Å². The van der Waals surface area contributed by atoms with Crippen LogP contribution < -0.4 is 4.90 Å². The zero-order valence-corrected chi connectivity index (χ0v) is 11.6. The molecule has 1 N–H and O–H groups in total. The van der Waals surface area contributed by atoms with Crippen LogP contribution in [0.1, 0.15) is 11.3 Å². The summed E-state index contributed by atoms with van der Waals surface area (Å²) in [6, 6.07) is 4.63. The standard InChI is InChI=1S/C14H12F3N3O2/c1-19-7-10(12(18-19)14(15,16)17)8-2-3-11-9(6-8)4-5-20(11)13(21)22/h2-3,6-7H,4-5H2,1H3,(H,21,22). The number of carboxylic acid groups (broad SMARTS) is 1. The zero-order chi connectivity index (χ0) is 16.1. The summed E-state index contributed by atoms with van der Waals surface area (Å²) in [6.07, 6.45) is -3.81. The molecule has 0 unspecified atom stereocenters. The molecule has 2 heterocycles. The van der Waals surface area contributed by atoms with Gasteiger partial charge in [0.25, 0.3) is 0 Å². The van der Waals surface area contributed by atoms with E-state index >= 15 is 0 Å². The third-order valence-electron chi connectivity index (χ3n) is 3.61. The molecule has 0 bridgehead atoms. The number of nitrogens with zero attached hydrogens (tertiary/aromatic N) is 3. The van der Waals surface area contributed by atoms with E-state index in [1.165, 1.54) is 24.2 Å². The van der Waals surface area contributed by atoms with Gasteiger partial charge < -0.3 is 5.11 Å². The first kappa shape index (κ1) is 14.4. The van der Waals surface area contributed by atoms with E-state index in [4.69, 9.17) is 5.11 Å². The molecular formula is C14H12F3N3O2. The van der Waals surface area contributed by atoms with Crippen molar-refractivity contribution in [1.29, 1.82) is 0 Å². The number of alkyl halides is 3. The van der Waals surface area contributed by atoms with Crippen LogP contribution in [0.4, 0.5) is 23.7 Å². The van der Waals surface area contributed by atoms with Crippen LogP contribution in [-0.2, 0) is 19.6 Å². The van der Waals surface area contributed by atoms with Crippen LogP contribution in [0.5, 0.6) is 0 Å². The van der Waals surface area contributed by atoms with E-state index in [0.29, 0.717) is 24.2 Å². The van der Waals surface area contributed by atoms with Crippen molar-refractivity contribution in [2.45, 2.75) is 12.6 Å². The van der Waals surface area contributed by atoms with Gasteiger partial charge in [0.2, 0.25) is 0 Å². The number of benzene rings is 1. The SMILES string of the molecule is Cn1cc(-c2ccc3c(c2)CCN3C(=O)O)c(C(F)(F)F)n1. The molecule has 22 heavy (non-hydrogen) atoms. The minimum Gasteiger partial charge on any atom is -0.465 e. The second-order valence-corrected chi connectivity index (χ2v) is 5.09. The van der Waals surface area contributed by atoms with Gasteiger partial charge in [-0.15, -0.1) is 0 Å². The Morgan fingerprint density at radius 2 is 2.09 bits per heavy atom. The number of hydrogen-bond acceptors (Lipinski definition) is 2. The largest absolute Gasteiger partial charge is 0.465 e. The predicted molar refractivity (Wildman–Crippen MR) is 72.7 cm³/mol. The van der Waals surface area contributed by atoms with Gasteiger partial charge >= 0.3 is 12.3 Å². The molecule has 0 radical (unpaired) electrons. The van der Waals surface area contributed by atoms with Gasteiger partial charge in [-0.1, -0.05) is 6.07 Å². The maximum Gasteiger partial charge on any atom is 0.435 e. The Morgan fingerprint density at radius 3 is 2.73 bits per heavy atom. The summed E-state index contributed by atoms with van der Waals surface area (Å²) in [7, 11) is 1.43. The van der Waals surface area contributed by atoms with Crippen molar-refractivity contribution in [2.75, 3.05) is 11.4 Å². The van der Waals surface area contributed by atoms with Crippen molar-refractivity contribution in [1.82, 2.24) is 9.78 Å². The lowest BCUT2D eigenvalue weighted by atomic mass is 10.0. The fourth-order valence-electron chi connectivity index (χ4n) is 2.68. The fraction of sp³-hybridized carbons (Fsp3) is 0.286. The molecule has 0 spiro atoms. The predicted octanol–water partition coefficient (Wildman–Crippen LogP) is 3.15. The van der Waals surface area contributed by atoms with Crippen molar-refractivity contribution in [2.24, 2.45) is 7.05 Å². The van der Waals surface area contributed by atoms with Gasteiger partial charge in [-0.05, 0) is 29.7 Å². The van der Waals surface area contributed by atoms with Crippen LogP contribution in [0.2, 0.25) is 0 Å². The Hall–Kier alpha value is -2.51. The summed E-state index contributed by atoms with van der Waals surface area (Å²) < 4.78 is 40.2. The van der Waals surface area contributed by atoms with Gasteiger partial charge in [0, 0.05) is 25.4 Å².